The lowest BCUT2D eigenvalue weighted by Gasteiger charge is -2.38. The van der Waals surface area contributed by atoms with Crippen molar-refractivity contribution in [3.63, 3.8) is 0 Å². The Kier molecular flexibility index (Phi) is 12.4. The van der Waals surface area contributed by atoms with Crippen LogP contribution in [0.15, 0.2) is 5.38 Å². The predicted molar refractivity (Wildman–Crippen MR) is 161 cm³/mol. The maximum Gasteiger partial charge on any atom is 0.382 e. The number of imide groups is 1. The molecular weight excluding hydrogens is 590 g/mol. The van der Waals surface area contributed by atoms with Crippen LogP contribution in [0.5, 0.6) is 0 Å². The molecule has 2 aliphatic rings. The summed E-state index contributed by atoms with van der Waals surface area (Å²) in [7, 11) is 3.61. The summed E-state index contributed by atoms with van der Waals surface area (Å²) in [5.74, 6) is -3.37. The lowest BCUT2D eigenvalue weighted by molar-refractivity contribution is -0.172. The lowest BCUT2D eigenvalue weighted by atomic mass is 9.92. The molecule has 244 valence electrons. The van der Waals surface area contributed by atoms with Gasteiger partial charge in [0.25, 0.3) is 11.8 Å². The van der Waals surface area contributed by atoms with Gasteiger partial charge in [-0.2, -0.15) is 0 Å². The van der Waals surface area contributed by atoms with E-state index in [2.05, 4.69) is 10.3 Å². The molecule has 1 N–H and O–H groups in total. The molecule has 0 radical (unpaired) electrons. The van der Waals surface area contributed by atoms with Gasteiger partial charge in [0, 0.05) is 44.7 Å². The monoisotopic (exact) mass is 635 g/mol. The van der Waals surface area contributed by atoms with E-state index in [1.165, 1.54) is 12.3 Å². The van der Waals surface area contributed by atoms with Gasteiger partial charge in [-0.25, -0.2) is 9.78 Å². The second-order valence-electron chi connectivity index (χ2n) is 12.0. The zero-order chi connectivity index (χ0) is 32.7. The molecule has 3 rings (SSSR count). The molecule has 0 saturated carbocycles. The number of aromatic nitrogens is 1. The Bertz CT molecular complexity index is 1220. The topological polar surface area (TPSA) is 156 Å². The van der Waals surface area contributed by atoms with Crippen molar-refractivity contribution in [2.24, 2.45) is 11.8 Å². The third kappa shape index (κ3) is 8.62. The Balaban J connectivity index is 1.79. The molecule has 3 heterocycles. The van der Waals surface area contributed by atoms with Gasteiger partial charge in [0.05, 0.1) is 6.04 Å². The Labute approximate surface area is 262 Å². The molecule has 44 heavy (non-hydrogen) atoms. The summed E-state index contributed by atoms with van der Waals surface area (Å²) in [5, 5.41) is 5.18. The molecule has 1 unspecified atom stereocenters. The molecule has 2 saturated heterocycles. The maximum absolute atomic E-state index is 14.0. The van der Waals surface area contributed by atoms with Crippen LogP contribution in [0, 0.1) is 11.8 Å². The van der Waals surface area contributed by atoms with E-state index < -0.39 is 41.9 Å². The number of piperidine rings is 1. The normalized spacial score (nSPS) is 20.2. The number of nitrogens with one attached hydrogen (secondary N) is 1. The Morgan fingerprint density at radius 2 is 1.80 bits per heavy atom. The van der Waals surface area contributed by atoms with E-state index >= 15 is 0 Å². The van der Waals surface area contributed by atoms with Gasteiger partial charge in [0.15, 0.2) is 11.8 Å². The molecule has 2 aliphatic heterocycles. The third-order valence-corrected chi connectivity index (χ3v) is 9.35. The zero-order valence-corrected chi connectivity index (χ0v) is 27.5. The van der Waals surface area contributed by atoms with Crippen molar-refractivity contribution in [3.8, 4) is 0 Å². The molecule has 0 spiro atoms. The number of amides is 4. The quantitative estimate of drug-likeness (QED) is 0.253. The molecular formula is C30H45N5O8S. The second-order valence-corrected chi connectivity index (χ2v) is 12.9. The van der Waals surface area contributed by atoms with Crippen LogP contribution < -0.4 is 5.32 Å². The highest BCUT2D eigenvalue weighted by Crippen LogP contribution is 2.31. The largest absolute Gasteiger partial charge is 0.455 e. The molecule has 2 fully saturated rings. The van der Waals surface area contributed by atoms with Crippen molar-refractivity contribution >= 4 is 46.9 Å². The van der Waals surface area contributed by atoms with E-state index in [1.807, 2.05) is 39.6 Å². The molecule has 0 bridgehead atoms. The minimum absolute atomic E-state index is 0.0367. The van der Waals surface area contributed by atoms with Crippen LogP contribution in [-0.2, 0) is 33.5 Å². The minimum atomic E-state index is -0.985. The first kappa shape index (κ1) is 35.1. The Hall–Kier alpha value is -3.39. The van der Waals surface area contributed by atoms with E-state index in [0.29, 0.717) is 16.5 Å². The van der Waals surface area contributed by atoms with E-state index in [9.17, 15) is 28.8 Å². The SMILES string of the molecule is CC[C@H](C)C(NC(=O)[C@H]1CCCCN1C)C(=O)N(C)[C@H](C[C@@H](OC(C)=O)c1nc(C(=O)ON2C(=O)CCC2=O)cs1)C(C)C. The van der Waals surface area contributed by atoms with Gasteiger partial charge in [0.1, 0.15) is 11.0 Å². The van der Waals surface area contributed by atoms with Crippen LogP contribution in [-0.4, -0.2) is 94.2 Å². The number of carbonyl (C=O) groups excluding carboxylic acids is 6. The van der Waals surface area contributed by atoms with E-state index in [0.717, 1.165) is 37.1 Å². The van der Waals surface area contributed by atoms with Crippen molar-refractivity contribution in [2.75, 3.05) is 20.6 Å². The van der Waals surface area contributed by atoms with Gasteiger partial charge >= 0.3 is 11.9 Å². The smallest absolute Gasteiger partial charge is 0.382 e. The number of esters is 1. The lowest BCUT2D eigenvalue weighted by Crippen LogP contribution is -2.58. The average molecular weight is 636 g/mol. The fourth-order valence-corrected chi connectivity index (χ4v) is 6.36. The van der Waals surface area contributed by atoms with Crippen molar-refractivity contribution in [1.29, 1.82) is 0 Å². The highest BCUT2D eigenvalue weighted by molar-refractivity contribution is 7.09. The highest BCUT2D eigenvalue weighted by Gasteiger charge is 2.38. The van der Waals surface area contributed by atoms with Crippen LogP contribution in [0.4, 0.5) is 0 Å². The number of thiazole rings is 1. The average Bonchev–Trinajstić information content (AvgIpc) is 3.59. The standard InChI is InChI=1S/C30H45N5O8S/c1-8-18(4)26(32-27(39)21-11-9-10-14-33(21)6)29(40)34(7)22(17(2)3)15-23(42-19(5)36)28-31-20(16-44-28)30(41)43-35-24(37)12-13-25(35)38/h16-18,21-23,26H,8-15H2,1-7H3,(H,32,39)/t18-,21+,22+,23+,26?/m0/s1. The highest BCUT2D eigenvalue weighted by atomic mass is 32.1. The first-order chi connectivity index (χ1) is 20.7. The summed E-state index contributed by atoms with van der Waals surface area (Å²) in [6.07, 6.45) is 2.63. The minimum Gasteiger partial charge on any atom is -0.455 e. The summed E-state index contributed by atoms with van der Waals surface area (Å²) in [6.45, 7) is 9.89. The number of hydrogen-bond donors (Lipinski definition) is 1. The summed E-state index contributed by atoms with van der Waals surface area (Å²) in [6, 6.07) is -1.44. The number of nitrogens with zero attached hydrogens (tertiary/aromatic N) is 4. The van der Waals surface area contributed by atoms with Gasteiger partial charge in [-0.05, 0) is 38.3 Å². The van der Waals surface area contributed by atoms with Crippen molar-refractivity contribution in [2.45, 2.75) is 104 Å². The van der Waals surface area contributed by atoms with E-state index in [-0.39, 0.29) is 54.6 Å². The number of likely N-dealkylation sites (N-methyl/N-ethyl adjacent to an activating group) is 2. The van der Waals surface area contributed by atoms with Crippen molar-refractivity contribution < 1.29 is 38.3 Å². The molecule has 1 aromatic heterocycles. The molecule has 13 nitrogen and oxygen atoms in total. The summed E-state index contributed by atoms with van der Waals surface area (Å²) in [4.78, 5) is 88.6. The Morgan fingerprint density at radius 3 is 2.36 bits per heavy atom. The van der Waals surface area contributed by atoms with Crippen molar-refractivity contribution in [1.82, 2.24) is 25.2 Å². The van der Waals surface area contributed by atoms with Crippen LogP contribution in [0.3, 0.4) is 0 Å². The first-order valence-electron chi connectivity index (χ1n) is 15.2. The molecule has 4 amide bonds. The number of hydrogen-bond acceptors (Lipinski definition) is 11. The van der Waals surface area contributed by atoms with Crippen LogP contribution >= 0.6 is 11.3 Å². The van der Waals surface area contributed by atoms with E-state index in [4.69, 9.17) is 9.57 Å². The molecule has 1 aromatic rings. The fourth-order valence-electron chi connectivity index (χ4n) is 5.54. The van der Waals surface area contributed by atoms with Gasteiger partial charge < -0.3 is 19.8 Å². The van der Waals surface area contributed by atoms with Crippen LogP contribution in [0.1, 0.15) is 101 Å². The summed E-state index contributed by atoms with van der Waals surface area (Å²) in [5.41, 5.74) is -0.146. The number of ether oxygens (including phenoxy) is 1. The summed E-state index contributed by atoms with van der Waals surface area (Å²) < 4.78 is 5.62. The number of hydroxylamine groups is 2. The summed E-state index contributed by atoms with van der Waals surface area (Å²) >= 11 is 1.06. The van der Waals surface area contributed by atoms with Gasteiger partial charge in [0.2, 0.25) is 11.8 Å². The fraction of sp³-hybridized carbons (Fsp3) is 0.700. The number of carbonyl (C=O) groups is 6. The maximum atomic E-state index is 14.0. The van der Waals surface area contributed by atoms with Crippen LogP contribution in [0.2, 0.25) is 0 Å². The molecule has 14 heteroatoms. The predicted octanol–water partition coefficient (Wildman–Crippen LogP) is 2.86. The van der Waals surface area contributed by atoms with Crippen molar-refractivity contribution in [3.05, 3.63) is 16.1 Å². The number of likely N-dealkylation sites (tertiary alicyclic amines) is 1. The van der Waals surface area contributed by atoms with Gasteiger partial charge in [-0.1, -0.05) is 40.5 Å². The Morgan fingerprint density at radius 1 is 1.14 bits per heavy atom. The van der Waals surface area contributed by atoms with Gasteiger partial charge in [-0.15, -0.1) is 16.4 Å². The zero-order valence-electron chi connectivity index (χ0n) is 26.7. The van der Waals surface area contributed by atoms with Gasteiger partial charge in [-0.3, -0.25) is 28.9 Å². The second kappa shape index (κ2) is 15.6. The van der Waals surface area contributed by atoms with E-state index in [1.54, 1.807) is 11.9 Å². The molecule has 5 atom stereocenters. The first-order valence-corrected chi connectivity index (χ1v) is 16.1. The van der Waals surface area contributed by atoms with Crippen LogP contribution in [0.25, 0.3) is 0 Å². The third-order valence-electron chi connectivity index (χ3n) is 8.41. The molecule has 0 aliphatic carbocycles. The number of rotatable bonds is 13. The molecule has 0 aromatic carbocycles.